The Hall–Kier alpha value is -4.36. The SMILES string of the molecule is O=C(Nc1ccccc1C(=O)Nc1n[nH]c2c1CN(S(=O)(=O)c1cc(F)cc(F)c1)CC2)c1ccc[nH]1. The highest BCUT2D eigenvalue weighted by atomic mass is 32.2. The Balaban J connectivity index is 1.37. The molecule has 0 saturated carbocycles. The zero-order valence-corrected chi connectivity index (χ0v) is 19.9. The van der Waals surface area contributed by atoms with E-state index in [9.17, 15) is 26.8 Å². The molecule has 0 saturated heterocycles. The van der Waals surface area contributed by atoms with E-state index in [1.54, 1.807) is 36.5 Å². The van der Waals surface area contributed by atoms with E-state index in [1.165, 1.54) is 6.07 Å². The first-order chi connectivity index (χ1) is 17.7. The van der Waals surface area contributed by atoms with Crippen LogP contribution < -0.4 is 10.6 Å². The van der Waals surface area contributed by atoms with Crippen LogP contribution in [0.25, 0.3) is 0 Å². The first-order valence-corrected chi connectivity index (χ1v) is 12.5. The molecule has 0 spiro atoms. The van der Waals surface area contributed by atoms with E-state index >= 15 is 0 Å². The van der Waals surface area contributed by atoms with Gasteiger partial charge in [-0.2, -0.15) is 9.40 Å². The molecular weight excluding hydrogens is 506 g/mol. The first-order valence-electron chi connectivity index (χ1n) is 11.1. The summed E-state index contributed by atoms with van der Waals surface area (Å²) in [5, 5.41) is 12.3. The monoisotopic (exact) mass is 526 g/mol. The fraction of sp³-hybridized carbons (Fsp3) is 0.125. The van der Waals surface area contributed by atoms with Crippen LogP contribution in [0.4, 0.5) is 20.3 Å². The van der Waals surface area contributed by atoms with Crippen molar-refractivity contribution in [1.82, 2.24) is 19.5 Å². The molecule has 0 radical (unpaired) electrons. The summed E-state index contributed by atoms with van der Waals surface area (Å²) in [5.41, 5.74) is 1.79. The second-order valence-corrected chi connectivity index (χ2v) is 10.2. The van der Waals surface area contributed by atoms with Gasteiger partial charge in [0.2, 0.25) is 10.0 Å². The Labute approximate surface area is 209 Å². The van der Waals surface area contributed by atoms with Gasteiger partial charge in [0.05, 0.1) is 16.1 Å². The minimum Gasteiger partial charge on any atom is -0.357 e. The number of anilines is 2. The third-order valence-corrected chi connectivity index (χ3v) is 7.69. The highest BCUT2D eigenvalue weighted by Crippen LogP contribution is 2.29. The smallest absolute Gasteiger partial charge is 0.272 e. The second-order valence-electron chi connectivity index (χ2n) is 8.26. The lowest BCUT2D eigenvalue weighted by molar-refractivity contribution is 0.102. The molecule has 4 aromatic rings. The number of halogens is 2. The van der Waals surface area contributed by atoms with E-state index in [0.717, 1.165) is 16.4 Å². The van der Waals surface area contributed by atoms with Gasteiger partial charge < -0.3 is 15.6 Å². The van der Waals surface area contributed by atoms with Gasteiger partial charge >= 0.3 is 0 Å². The van der Waals surface area contributed by atoms with Crippen molar-refractivity contribution in [2.24, 2.45) is 0 Å². The number of nitrogens with zero attached hydrogens (tertiary/aromatic N) is 2. The number of nitrogens with one attached hydrogen (secondary N) is 4. The van der Waals surface area contributed by atoms with Crippen molar-refractivity contribution in [2.45, 2.75) is 17.9 Å². The van der Waals surface area contributed by atoms with E-state index in [-0.39, 0.29) is 36.6 Å². The van der Waals surface area contributed by atoms with Gasteiger partial charge in [0.1, 0.15) is 17.3 Å². The molecule has 2 amide bonds. The summed E-state index contributed by atoms with van der Waals surface area (Å²) in [6, 6.07) is 11.7. The van der Waals surface area contributed by atoms with Crippen molar-refractivity contribution in [3.8, 4) is 0 Å². The summed E-state index contributed by atoms with van der Waals surface area (Å²) < 4.78 is 54.5. The van der Waals surface area contributed by atoms with Crippen LogP contribution in [0, 0.1) is 11.6 Å². The molecule has 1 aliphatic rings. The number of hydrogen-bond donors (Lipinski definition) is 4. The van der Waals surface area contributed by atoms with Gasteiger partial charge in [-0.15, -0.1) is 0 Å². The van der Waals surface area contributed by atoms with Gasteiger partial charge in [0, 0.05) is 43.0 Å². The van der Waals surface area contributed by atoms with Crippen LogP contribution in [0.1, 0.15) is 32.1 Å². The van der Waals surface area contributed by atoms with Crippen LogP contribution in [0.2, 0.25) is 0 Å². The number of rotatable bonds is 6. The van der Waals surface area contributed by atoms with Crippen molar-refractivity contribution in [3.63, 3.8) is 0 Å². The molecule has 0 bridgehead atoms. The fourth-order valence-electron chi connectivity index (χ4n) is 4.03. The maximum Gasteiger partial charge on any atom is 0.272 e. The quantitative estimate of drug-likeness (QED) is 0.305. The van der Waals surface area contributed by atoms with E-state index in [0.29, 0.717) is 23.0 Å². The average molecular weight is 527 g/mol. The molecule has 0 atom stereocenters. The minimum atomic E-state index is -4.22. The van der Waals surface area contributed by atoms with Crippen molar-refractivity contribution in [2.75, 3.05) is 17.2 Å². The van der Waals surface area contributed by atoms with Crippen LogP contribution in [0.5, 0.6) is 0 Å². The number of sulfonamides is 1. The van der Waals surface area contributed by atoms with Crippen LogP contribution in [-0.2, 0) is 23.0 Å². The Morgan fingerprint density at radius 3 is 2.46 bits per heavy atom. The largest absolute Gasteiger partial charge is 0.357 e. The maximum atomic E-state index is 13.7. The van der Waals surface area contributed by atoms with Gasteiger partial charge in [0.25, 0.3) is 11.8 Å². The maximum absolute atomic E-state index is 13.7. The highest BCUT2D eigenvalue weighted by molar-refractivity contribution is 7.89. The molecule has 2 aromatic carbocycles. The average Bonchev–Trinajstić information content (AvgIpc) is 3.54. The standard InChI is InChI=1S/C24H20F2N6O4S/c25-14-10-15(26)12-16(11-14)37(35,36)32-9-7-20-18(13-32)22(31-30-20)29-23(33)17-4-1-2-5-19(17)28-24(34)21-6-3-8-27-21/h1-6,8,10-12,27H,7,9,13H2,(H,28,34)(H2,29,30,31,33). The molecule has 13 heteroatoms. The molecule has 37 heavy (non-hydrogen) atoms. The Morgan fingerprint density at radius 1 is 0.973 bits per heavy atom. The van der Waals surface area contributed by atoms with Crippen LogP contribution in [0.15, 0.2) is 65.7 Å². The minimum absolute atomic E-state index is 0.0522. The van der Waals surface area contributed by atoms with Crippen molar-refractivity contribution < 1.29 is 26.8 Å². The summed E-state index contributed by atoms with van der Waals surface area (Å²) >= 11 is 0. The number of carbonyl (C=O) groups is 2. The number of carbonyl (C=O) groups excluding carboxylic acids is 2. The van der Waals surface area contributed by atoms with E-state index in [4.69, 9.17) is 0 Å². The number of aromatic nitrogens is 3. The number of benzene rings is 2. The van der Waals surface area contributed by atoms with Gasteiger partial charge in [-0.05, 0) is 36.4 Å². The lowest BCUT2D eigenvalue weighted by Gasteiger charge is -2.26. The van der Waals surface area contributed by atoms with E-state index in [1.807, 2.05) is 0 Å². The van der Waals surface area contributed by atoms with Crippen LogP contribution >= 0.6 is 0 Å². The highest BCUT2D eigenvalue weighted by Gasteiger charge is 2.32. The molecule has 4 N–H and O–H groups in total. The zero-order valence-electron chi connectivity index (χ0n) is 19.1. The fourth-order valence-corrected chi connectivity index (χ4v) is 5.48. The Morgan fingerprint density at radius 2 is 1.73 bits per heavy atom. The van der Waals surface area contributed by atoms with Crippen molar-refractivity contribution in [1.29, 1.82) is 0 Å². The number of aromatic amines is 2. The molecule has 190 valence electrons. The normalized spacial score (nSPS) is 13.7. The summed E-state index contributed by atoms with van der Waals surface area (Å²) in [5.74, 6) is -2.92. The van der Waals surface area contributed by atoms with Crippen molar-refractivity contribution in [3.05, 3.63) is 94.9 Å². The summed E-state index contributed by atoms with van der Waals surface area (Å²) in [4.78, 5) is 27.9. The van der Waals surface area contributed by atoms with E-state index in [2.05, 4.69) is 25.8 Å². The lowest BCUT2D eigenvalue weighted by Crippen LogP contribution is -2.36. The number of H-pyrrole nitrogens is 2. The van der Waals surface area contributed by atoms with Crippen molar-refractivity contribution >= 4 is 33.3 Å². The lowest BCUT2D eigenvalue weighted by atomic mass is 10.1. The number of para-hydroxylation sites is 1. The molecule has 3 heterocycles. The third kappa shape index (κ3) is 4.86. The van der Waals surface area contributed by atoms with Gasteiger partial charge in [-0.1, -0.05) is 12.1 Å². The molecule has 0 unspecified atom stereocenters. The Bertz CT molecular complexity index is 1580. The summed E-state index contributed by atoms with van der Waals surface area (Å²) in [6.45, 7) is -0.121. The molecule has 0 aliphatic carbocycles. The molecule has 5 rings (SSSR count). The number of hydrogen-bond acceptors (Lipinski definition) is 5. The third-order valence-electron chi connectivity index (χ3n) is 5.87. The molecule has 1 aliphatic heterocycles. The summed E-state index contributed by atoms with van der Waals surface area (Å²) in [6.07, 6.45) is 1.85. The van der Waals surface area contributed by atoms with Gasteiger partial charge in [-0.25, -0.2) is 17.2 Å². The summed E-state index contributed by atoms with van der Waals surface area (Å²) in [7, 11) is -4.22. The molecule has 10 nitrogen and oxygen atoms in total. The molecule has 0 fully saturated rings. The predicted octanol–water partition coefficient (Wildman–Crippen LogP) is 3.27. The van der Waals surface area contributed by atoms with Crippen LogP contribution in [-0.4, -0.2) is 46.3 Å². The predicted molar refractivity (Wildman–Crippen MR) is 129 cm³/mol. The topological polar surface area (TPSA) is 140 Å². The molecular formula is C24H20F2N6O4S. The molecule has 2 aromatic heterocycles. The number of fused-ring (bicyclic) bond motifs is 1. The van der Waals surface area contributed by atoms with Gasteiger partial charge in [-0.3, -0.25) is 14.7 Å². The second kappa shape index (κ2) is 9.59. The van der Waals surface area contributed by atoms with E-state index < -0.39 is 38.4 Å². The number of amides is 2. The Kier molecular flexibility index (Phi) is 6.31. The first kappa shape index (κ1) is 24.3. The zero-order chi connectivity index (χ0) is 26.2. The van der Waals surface area contributed by atoms with Gasteiger partial charge in [0.15, 0.2) is 5.82 Å². The van der Waals surface area contributed by atoms with Crippen LogP contribution in [0.3, 0.4) is 0 Å².